The minimum atomic E-state index is -0.166. The van der Waals surface area contributed by atoms with Crippen LogP contribution in [0.1, 0.15) is 22.5 Å². The van der Waals surface area contributed by atoms with Crippen molar-refractivity contribution >= 4 is 11.7 Å². The summed E-state index contributed by atoms with van der Waals surface area (Å²) in [5.41, 5.74) is 1.32. The molecule has 1 amide bonds. The Bertz CT molecular complexity index is 944. The maximum Gasteiger partial charge on any atom is 0.252 e. The summed E-state index contributed by atoms with van der Waals surface area (Å²) in [5.74, 6) is 2.08. The molecule has 0 aliphatic carbocycles. The van der Waals surface area contributed by atoms with Gasteiger partial charge in [-0.1, -0.05) is 17.3 Å². The summed E-state index contributed by atoms with van der Waals surface area (Å²) >= 11 is 0. The van der Waals surface area contributed by atoms with Crippen molar-refractivity contribution in [1.29, 1.82) is 0 Å². The van der Waals surface area contributed by atoms with Crippen molar-refractivity contribution in [3.8, 4) is 11.5 Å². The first-order chi connectivity index (χ1) is 14.2. The Hall–Kier alpha value is -3.55. The molecule has 150 valence electrons. The van der Waals surface area contributed by atoms with Crippen LogP contribution in [0.15, 0.2) is 59.4 Å². The monoisotopic (exact) mass is 394 g/mol. The molecule has 0 radical (unpaired) electrons. The second-order valence-electron chi connectivity index (χ2n) is 6.79. The SMILES string of the molecule is CN(Cc1ccon1)c1ccc(C(=O)NCCC2COc3ccccc3O2)cn1. The van der Waals surface area contributed by atoms with E-state index in [0.29, 0.717) is 31.7 Å². The van der Waals surface area contributed by atoms with Crippen LogP contribution in [-0.2, 0) is 6.54 Å². The van der Waals surface area contributed by atoms with Gasteiger partial charge < -0.3 is 24.2 Å². The number of nitrogens with one attached hydrogen (secondary N) is 1. The summed E-state index contributed by atoms with van der Waals surface area (Å²) in [4.78, 5) is 18.7. The van der Waals surface area contributed by atoms with Crippen LogP contribution in [0.25, 0.3) is 0 Å². The van der Waals surface area contributed by atoms with Crippen molar-refractivity contribution in [2.45, 2.75) is 19.1 Å². The molecule has 1 aliphatic rings. The average Bonchev–Trinajstić information content (AvgIpc) is 3.26. The van der Waals surface area contributed by atoms with E-state index < -0.39 is 0 Å². The largest absolute Gasteiger partial charge is 0.486 e. The molecule has 1 unspecified atom stereocenters. The van der Waals surface area contributed by atoms with Crippen molar-refractivity contribution in [2.24, 2.45) is 0 Å². The Morgan fingerprint density at radius 1 is 1.21 bits per heavy atom. The third kappa shape index (κ3) is 4.66. The Morgan fingerprint density at radius 3 is 2.83 bits per heavy atom. The molecule has 8 heteroatoms. The smallest absolute Gasteiger partial charge is 0.252 e. The van der Waals surface area contributed by atoms with Gasteiger partial charge in [0.1, 0.15) is 30.5 Å². The van der Waals surface area contributed by atoms with Gasteiger partial charge in [0.05, 0.1) is 12.1 Å². The van der Waals surface area contributed by atoms with Gasteiger partial charge in [0, 0.05) is 32.3 Å². The third-order valence-electron chi connectivity index (χ3n) is 4.61. The average molecular weight is 394 g/mol. The highest BCUT2D eigenvalue weighted by atomic mass is 16.6. The number of amides is 1. The van der Waals surface area contributed by atoms with E-state index in [9.17, 15) is 4.79 Å². The number of pyridine rings is 1. The van der Waals surface area contributed by atoms with Gasteiger partial charge in [-0.3, -0.25) is 4.79 Å². The van der Waals surface area contributed by atoms with Crippen molar-refractivity contribution in [2.75, 3.05) is 25.1 Å². The number of rotatable bonds is 7. The van der Waals surface area contributed by atoms with Crippen molar-refractivity contribution in [3.63, 3.8) is 0 Å². The molecule has 0 fully saturated rings. The first-order valence-corrected chi connectivity index (χ1v) is 9.42. The molecule has 0 saturated carbocycles. The fourth-order valence-electron chi connectivity index (χ4n) is 3.04. The van der Waals surface area contributed by atoms with Crippen LogP contribution in [0.3, 0.4) is 0 Å². The minimum Gasteiger partial charge on any atom is -0.486 e. The normalized spacial score (nSPS) is 15.0. The van der Waals surface area contributed by atoms with Crippen molar-refractivity contribution in [3.05, 3.63) is 66.2 Å². The molecule has 1 aromatic carbocycles. The molecule has 8 nitrogen and oxygen atoms in total. The van der Waals surface area contributed by atoms with E-state index in [-0.39, 0.29) is 12.0 Å². The molecule has 3 heterocycles. The number of hydrogen-bond donors (Lipinski definition) is 1. The minimum absolute atomic E-state index is 0.0871. The van der Waals surface area contributed by atoms with Crippen molar-refractivity contribution in [1.82, 2.24) is 15.5 Å². The quantitative estimate of drug-likeness (QED) is 0.659. The summed E-state index contributed by atoms with van der Waals surface area (Å²) < 4.78 is 16.4. The Morgan fingerprint density at radius 2 is 2.07 bits per heavy atom. The molecule has 1 atom stereocenters. The molecule has 0 bridgehead atoms. The van der Waals surface area contributed by atoms with Gasteiger partial charge in [0.25, 0.3) is 5.91 Å². The highest BCUT2D eigenvalue weighted by Gasteiger charge is 2.20. The zero-order valence-electron chi connectivity index (χ0n) is 16.1. The molecule has 2 aromatic heterocycles. The van der Waals surface area contributed by atoms with E-state index >= 15 is 0 Å². The van der Waals surface area contributed by atoms with Gasteiger partial charge in [-0.25, -0.2) is 4.98 Å². The summed E-state index contributed by atoms with van der Waals surface area (Å²) in [5, 5.41) is 6.79. The van der Waals surface area contributed by atoms with Crippen LogP contribution in [0, 0.1) is 0 Å². The Kier molecular flexibility index (Phi) is 5.60. The van der Waals surface area contributed by atoms with Gasteiger partial charge in [-0.15, -0.1) is 0 Å². The van der Waals surface area contributed by atoms with E-state index in [2.05, 4.69) is 15.5 Å². The van der Waals surface area contributed by atoms with Crippen molar-refractivity contribution < 1.29 is 18.8 Å². The van der Waals surface area contributed by atoms with Gasteiger partial charge in [-0.2, -0.15) is 0 Å². The standard InChI is InChI=1S/C21H22N4O4/c1-25(13-16-9-11-28-24-16)20-7-6-15(12-23-20)21(26)22-10-8-17-14-27-18-4-2-3-5-19(18)29-17/h2-7,9,11-12,17H,8,10,13-14H2,1H3,(H,22,26). The van der Waals surface area contributed by atoms with E-state index in [4.69, 9.17) is 14.0 Å². The fourth-order valence-corrected chi connectivity index (χ4v) is 3.04. The lowest BCUT2D eigenvalue weighted by atomic mass is 10.2. The Balaban J connectivity index is 1.25. The lowest BCUT2D eigenvalue weighted by molar-refractivity contribution is 0.0812. The number of carbonyl (C=O) groups excluding carboxylic acids is 1. The number of aromatic nitrogens is 2. The second kappa shape index (κ2) is 8.64. The molecular formula is C21H22N4O4. The first-order valence-electron chi connectivity index (χ1n) is 9.42. The van der Waals surface area contributed by atoms with Gasteiger partial charge >= 0.3 is 0 Å². The lowest BCUT2D eigenvalue weighted by Crippen LogP contribution is -2.34. The fraction of sp³-hybridized carbons (Fsp3) is 0.286. The maximum atomic E-state index is 12.4. The zero-order chi connectivity index (χ0) is 20.1. The predicted molar refractivity (Wildman–Crippen MR) is 106 cm³/mol. The summed E-state index contributed by atoms with van der Waals surface area (Å²) in [6, 6.07) is 13.0. The highest BCUT2D eigenvalue weighted by molar-refractivity contribution is 5.94. The Labute approximate surface area is 168 Å². The van der Waals surface area contributed by atoms with Crippen LogP contribution < -0.4 is 19.7 Å². The predicted octanol–water partition coefficient (Wildman–Crippen LogP) is 2.67. The van der Waals surface area contributed by atoms with E-state index in [1.807, 2.05) is 42.3 Å². The molecular weight excluding hydrogens is 372 g/mol. The summed E-state index contributed by atoms with van der Waals surface area (Å²) in [6.45, 7) is 1.53. The van der Waals surface area contributed by atoms with Crippen LogP contribution in [0.5, 0.6) is 11.5 Å². The van der Waals surface area contributed by atoms with E-state index in [1.54, 1.807) is 18.3 Å². The molecule has 1 N–H and O–H groups in total. The number of carbonyl (C=O) groups is 1. The number of anilines is 1. The number of hydrogen-bond acceptors (Lipinski definition) is 7. The third-order valence-corrected chi connectivity index (χ3v) is 4.61. The lowest BCUT2D eigenvalue weighted by Gasteiger charge is -2.26. The molecule has 3 aromatic rings. The number of fused-ring (bicyclic) bond motifs is 1. The number of benzene rings is 1. The summed E-state index contributed by atoms with van der Waals surface area (Å²) in [7, 11) is 1.90. The molecule has 4 rings (SSSR count). The zero-order valence-corrected chi connectivity index (χ0v) is 16.1. The van der Waals surface area contributed by atoms with Gasteiger partial charge in [-0.05, 0) is 24.3 Å². The van der Waals surface area contributed by atoms with E-state index in [0.717, 1.165) is 23.0 Å². The van der Waals surface area contributed by atoms with Gasteiger partial charge in [0.2, 0.25) is 0 Å². The molecule has 0 spiro atoms. The number of para-hydroxylation sites is 2. The number of ether oxygens (including phenoxy) is 2. The topological polar surface area (TPSA) is 89.7 Å². The summed E-state index contributed by atoms with van der Waals surface area (Å²) in [6.07, 6.45) is 3.68. The van der Waals surface area contributed by atoms with Crippen LogP contribution in [0.4, 0.5) is 5.82 Å². The van der Waals surface area contributed by atoms with Crippen LogP contribution >= 0.6 is 0 Å². The highest BCUT2D eigenvalue weighted by Crippen LogP contribution is 2.31. The first kappa shape index (κ1) is 18.8. The van der Waals surface area contributed by atoms with Gasteiger partial charge in [0.15, 0.2) is 11.5 Å². The second-order valence-corrected chi connectivity index (χ2v) is 6.79. The van der Waals surface area contributed by atoms with Crippen LogP contribution in [0.2, 0.25) is 0 Å². The maximum absolute atomic E-state index is 12.4. The van der Waals surface area contributed by atoms with Crippen LogP contribution in [-0.4, -0.2) is 42.4 Å². The van der Waals surface area contributed by atoms with E-state index in [1.165, 1.54) is 6.26 Å². The molecule has 1 aliphatic heterocycles. The number of nitrogens with zero attached hydrogens (tertiary/aromatic N) is 3. The molecule has 29 heavy (non-hydrogen) atoms. The molecule has 0 saturated heterocycles.